The molecule has 0 aliphatic carbocycles. The molecule has 0 unspecified atom stereocenters. The van der Waals surface area contributed by atoms with E-state index in [4.69, 9.17) is 0 Å². The molecule has 0 aliphatic rings. The Labute approximate surface area is 103 Å². The van der Waals surface area contributed by atoms with E-state index in [1.54, 1.807) is 40.2 Å². The van der Waals surface area contributed by atoms with Gasteiger partial charge >= 0.3 is 0 Å². The van der Waals surface area contributed by atoms with E-state index < -0.39 is 0 Å². The summed E-state index contributed by atoms with van der Waals surface area (Å²) in [5, 5.41) is 4.68. The maximum absolute atomic E-state index is 12.2. The second-order valence-corrected chi connectivity index (χ2v) is 3.91. The van der Waals surface area contributed by atoms with Crippen LogP contribution in [0.2, 0.25) is 0 Å². The second kappa shape index (κ2) is 4.40. The summed E-state index contributed by atoms with van der Waals surface area (Å²) in [5.74, 6) is 0. The Hall–Kier alpha value is -2.50. The molecule has 0 bridgehead atoms. The molecule has 3 aromatic rings. The number of aromatic nitrogens is 5. The van der Waals surface area contributed by atoms with Gasteiger partial charge in [0.1, 0.15) is 0 Å². The van der Waals surface area contributed by atoms with Crippen molar-refractivity contribution < 1.29 is 0 Å². The number of aryl methyl sites for hydroxylation is 2. The third-order valence-electron chi connectivity index (χ3n) is 2.76. The van der Waals surface area contributed by atoms with Gasteiger partial charge in [-0.2, -0.15) is 5.10 Å². The fourth-order valence-corrected chi connectivity index (χ4v) is 1.81. The third-order valence-corrected chi connectivity index (χ3v) is 2.76. The number of nitrogens with zero attached hydrogens (tertiary/aromatic N) is 5. The molecule has 0 saturated carbocycles. The van der Waals surface area contributed by atoms with Gasteiger partial charge in [0.15, 0.2) is 0 Å². The number of hydrogen-bond donors (Lipinski definition) is 0. The highest BCUT2D eigenvalue weighted by Gasteiger charge is 2.03. The lowest BCUT2D eigenvalue weighted by Crippen LogP contribution is -2.23. The molecule has 0 aromatic carbocycles. The summed E-state index contributed by atoms with van der Waals surface area (Å²) in [6, 6.07) is 3.54. The lowest BCUT2D eigenvalue weighted by Gasteiger charge is -2.06. The minimum atomic E-state index is -0.0467. The molecule has 0 aliphatic heterocycles. The van der Waals surface area contributed by atoms with Crippen LogP contribution in [0.5, 0.6) is 0 Å². The van der Waals surface area contributed by atoms with Crippen molar-refractivity contribution in [1.29, 1.82) is 0 Å². The van der Waals surface area contributed by atoms with Gasteiger partial charge in [-0.3, -0.25) is 19.0 Å². The summed E-state index contributed by atoms with van der Waals surface area (Å²) in [6.45, 7) is 1.19. The van der Waals surface area contributed by atoms with Crippen molar-refractivity contribution in [3.05, 3.63) is 53.6 Å². The summed E-state index contributed by atoms with van der Waals surface area (Å²) in [5.41, 5.74) is 0.576. The summed E-state index contributed by atoms with van der Waals surface area (Å²) < 4.78 is 3.37. The van der Waals surface area contributed by atoms with Crippen LogP contribution in [0.25, 0.3) is 10.9 Å². The molecule has 3 rings (SSSR count). The van der Waals surface area contributed by atoms with E-state index in [1.165, 1.54) is 0 Å². The smallest absolute Gasteiger partial charge is 0.261 e. The first-order valence-corrected chi connectivity index (χ1v) is 5.61. The zero-order valence-corrected chi connectivity index (χ0v) is 9.60. The summed E-state index contributed by atoms with van der Waals surface area (Å²) >= 11 is 0. The normalized spacial score (nSPS) is 10.9. The minimum absolute atomic E-state index is 0.0467. The van der Waals surface area contributed by atoms with Crippen LogP contribution in [-0.2, 0) is 13.1 Å². The molecular weight excluding hydrogens is 230 g/mol. The Kier molecular flexibility index (Phi) is 2.60. The van der Waals surface area contributed by atoms with Crippen LogP contribution >= 0.6 is 0 Å². The van der Waals surface area contributed by atoms with Crippen molar-refractivity contribution >= 4 is 10.9 Å². The number of rotatable bonds is 3. The van der Waals surface area contributed by atoms with Crippen LogP contribution in [0.4, 0.5) is 0 Å². The Morgan fingerprint density at radius 2 is 2.17 bits per heavy atom. The second-order valence-electron chi connectivity index (χ2n) is 3.91. The van der Waals surface area contributed by atoms with Crippen molar-refractivity contribution in [1.82, 2.24) is 24.3 Å². The van der Waals surface area contributed by atoms with Crippen molar-refractivity contribution in [2.24, 2.45) is 0 Å². The SMILES string of the molecule is O=c1c2ccncc2ncn1CCn1cccn1. The Morgan fingerprint density at radius 3 is 3.00 bits per heavy atom. The topological polar surface area (TPSA) is 65.6 Å². The van der Waals surface area contributed by atoms with Gasteiger partial charge in [0.25, 0.3) is 5.56 Å². The van der Waals surface area contributed by atoms with Gasteiger partial charge in [0.05, 0.1) is 30.0 Å². The number of pyridine rings is 1. The fourth-order valence-electron chi connectivity index (χ4n) is 1.81. The zero-order valence-electron chi connectivity index (χ0n) is 9.60. The predicted molar refractivity (Wildman–Crippen MR) is 66.0 cm³/mol. The summed E-state index contributed by atoms with van der Waals surface area (Å²) in [4.78, 5) is 20.3. The molecular formula is C12H11N5O. The van der Waals surface area contributed by atoms with Crippen LogP contribution < -0.4 is 5.56 Å². The molecule has 3 aromatic heterocycles. The average Bonchev–Trinajstić information content (AvgIpc) is 2.91. The van der Waals surface area contributed by atoms with E-state index >= 15 is 0 Å². The van der Waals surface area contributed by atoms with E-state index in [-0.39, 0.29) is 5.56 Å². The molecule has 0 atom stereocenters. The third kappa shape index (κ3) is 1.88. The van der Waals surface area contributed by atoms with Crippen LogP contribution in [0.1, 0.15) is 0 Å². The molecule has 90 valence electrons. The van der Waals surface area contributed by atoms with Crippen molar-refractivity contribution in [3.8, 4) is 0 Å². The van der Waals surface area contributed by atoms with Gasteiger partial charge in [-0.1, -0.05) is 0 Å². The first kappa shape index (κ1) is 10.6. The lowest BCUT2D eigenvalue weighted by molar-refractivity contribution is 0.521. The largest absolute Gasteiger partial charge is 0.297 e. The number of hydrogen-bond acceptors (Lipinski definition) is 4. The zero-order chi connectivity index (χ0) is 12.4. The van der Waals surface area contributed by atoms with Crippen LogP contribution in [0.3, 0.4) is 0 Å². The highest BCUT2D eigenvalue weighted by Crippen LogP contribution is 2.02. The quantitative estimate of drug-likeness (QED) is 0.676. The summed E-state index contributed by atoms with van der Waals surface area (Å²) in [6.07, 6.45) is 8.32. The van der Waals surface area contributed by atoms with Gasteiger partial charge in [-0.05, 0) is 12.1 Å². The van der Waals surface area contributed by atoms with E-state index in [9.17, 15) is 4.79 Å². The van der Waals surface area contributed by atoms with Gasteiger partial charge < -0.3 is 0 Å². The highest BCUT2D eigenvalue weighted by molar-refractivity contribution is 5.75. The fraction of sp³-hybridized carbons (Fsp3) is 0.167. The summed E-state index contributed by atoms with van der Waals surface area (Å²) in [7, 11) is 0. The Balaban J connectivity index is 1.93. The Bertz CT molecular complexity index is 717. The standard InChI is InChI=1S/C12H11N5O/c18-12-10-2-4-13-8-11(10)14-9-16(12)6-7-17-5-1-3-15-17/h1-5,8-9H,6-7H2. The molecule has 6 heteroatoms. The van der Waals surface area contributed by atoms with Crippen LogP contribution in [0.15, 0.2) is 48.0 Å². The molecule has 6 nitrogen and oxygen atoms in total. The molecule has 3 heterocycles. The first-order chi connectivity index (χ1) is 8.84. The van der Waals surface area contributed by atoms with E-state index in [2.05, 4.69) is 15.1 Å². The molecule has 0 fully saturated rings. The maximum atomic E-state index is 12.2. The van der Waals surface area contributed by atoms with Gasteiger partial charge in [0.2, 0.25) is 0 Å². The first-order valence-electron chi connectivity index (χ1n) is 5.61. The maximum Gasteiger partial charge on any atom is 0.261 e. The van der Waals surface area contributed by atoms with Crippen molar-refractivity contribution in [2.75, 3.05) is 0 Å². The van der Waals surface area contributed by atoms with Crippen LogP contribution in [0, 0.1) is 0 Å². The van der Waals surface area contributed by atoms with Gasteiger partial charge in [-0.15, -0.1) is 0 Å². The van der Waals surface area contributed by atoms with Crippen LogP contribution in [-0.4, -0.2) is 24.3 Å². The molecule has 0 amide bonds. The highest BCUT2D eigenvalue weighted by atomic mass is 16.1. The van der Waals surface area contributed by atoms with E-state index in [0.29, 0.717) is 24.0 Å². The molecule has 0 N–H and O–H groups in total. The lowest BCUT2D eigenvalue weighted by atomic mass is 10.3. The van der Waals surface area contributed by atoms with Gasteiger partial charge in [-0.25, -0.2) is 4.98 Å². The Morgan fingerprint density at radius 1 is 1.22 bits per heavy atom. The van der Waals surface area contributed by atoms with E-state index in [1.807, 2.05) is 12.3 Å². The van der Waals surface area contributed by atoms with Gasteiger partial charge in [0, 0.05) is 25.1 Å². The monoisotopic (exact) mass is 241 g/mol. The predicted octanol–water partition coefficient (Wildman–Crippen LogP) is 0.688. The molecule has 0 spiro atoms. The minimum Gasteiger partial charge on any atom is -0.297 e. The van der Waals surface area contributed by atoms with Crippen molar-refractivity contribution in [3.63, 3.8) is 0 Å². The number of fused-ring (bicyclic) bond motifs is 1. The molecule has 18 heavy (non-hydrogen) atoms. The van der Waals surface area contributed by atoms with Crippen molar-refractivity contribution in [2.45, 2.75) is 13.1 Å². The van der Waals surface area contributed by atoms with E-state index in [0.717, 1.165) is 0 Å². The average molecular weight is 241 g/mol. The molecule has 0 radical (unpaired) electrons. The molecule has 0 saturated heterocycles.